The number of nitro benzene ring substituents is 1. The van der Waals surface area contributed by atoms with Crippen molar-refractivity contribution in [3.05, 3.63) is 33.4 Å². The normalized spacial score (nSPS) is 9.43. The summed E-state index contributed by atoms with van der Waals surface area (Å²) in [6.45, 7) is 1.69. The summed E-state index contributed by atoms with van der Waals surface area (Å²) in [7, 11) is 0. The molecule has 14 heavy (non-hydrogen) atoms. The molecular formula is C9H9N3O2. The average Bonchev–Trinajstić information content (AvgIpc) is 2.11. The van der Waals surface area contributed by atoms with Crippen molar-refractivity contribution in [1.82, 2.24) is 0 Å². The number of nitro groups is 1. The number of hydrogen-bond donors (Lipinski definition) is 1. The molecule has 1 aromatic rings. The number of benzene rings is 1. The Morgan fingerprint density at radius 2 is 2.29 bits per heavy atom. The third-order valence-electron chi connectivity index (χ3n) is 1.97. The van der Waals surface area contributed by atoms with Crippen LogP contribution in [0.4, 0.5) is 11.4 Å². The highest BCUT2D eigenvalue weighted by molar-refractivity contribution is 5.67. The Balaban J connectivity index is 3.39. The van der Waals surface area contributed by atoms with Crippen LogP contribution in [0.1, 0.15) is 11.1 Å². The lowest BCUT2D eigenvalue weighted by Crippen LogP contribution is -2.02. The van der Waals surface area contributed by atoms with Gasteiger partial charge in [-0.05, 0) is 12.5 Å². The topological polar surface area (TPSA) is 92.9 Å². The van der Waals surface area contributed by atoms with E-state index in [1.54, 1.807) is 19.1 Å². The second kappa shape index (κ2) is 3.75. The molecule has 0 aliphatic heterocycles. The molecule has 0 aromatic heterocycles. The summed E-state index contributed by atoms with van der Waals surface area (Å²) in [4.78, 5) is 10.1. The van der Waals surface area contributed by atoms with E-state index in [0.29, 0.717) is 11.1 Å². The number of nitriles is 1. The van der Waals surface area contributed by atoms with Crippen LogP contribution in [0.25, 0.3) is 0 Å². The lowest BCUT2D eigenvalue weighted by molar-refractivity contribution is -0.384. The number of rotatable bonds is 2. The number of nitrogens with two attached hydrogens (primary N) is 1. The molecule has 5 heteroatoms. The van der Waals surface area contributed by atoms with E-state index in [0.717, 1.165) is 0 Å². The number of aryl methyl sites for hydroxylation is 1. The summed E-state index contributed by atoms with van der Waals surface area (Å²) in [6.07, 6.45) is 0.000787. The molecule has 2 N–H and O–H groups in total. The van der Waals surface area contributed by atoms with Gasteiger partial charge in [-0.15, -0.1) is 0 Å². The van der Waals surface area contributed by atoms with Gasteiger partial charge in [0.2, 0.25) is 0 Å². The van der Waals surface area contributed by atoms with Crippen molar-refractivity contribution in [2.45, 2.75) is 13.3 Å². The molecule has 1 aromatic carbocycles. The molecule has 1 rings (SSSR count). The van der Waals surface area contributed by atoms with Gasteiger partial charge in [-0.25, -0.2) is 0 Å². The molecule has 0 atom stereocenters. The fourth-order valence-corrected chi connectivity index (χ4v) is 1.20. The van der Waals surface area contributed by atoms with E-state index in [4.69, 9.17) is 11.0 Å². The summed E-state index contributed by atoms with van der Waals surface area (Å²) in [5.41, 5.74) is 6.57. The maximum Gasteiger partial charge on any atom is 0.296 e. The molecule has 0 unspecified atom stereocenters. The summed E-state index contributed by atoms with van der Waals surface area (Å²) in [6, 6.07) is 5.10. The van der Waals surface area contributed by atoms with Gasteiger partial charge in [0.25, 0.3) is 5.69 Å². The smallest absolute Gasteiger partial charge is 0.296 e. The van der Waals surface area contributed by atoms with Gasteiger partial charge in [-0.1, -0.05) is 12.1 Å². The van der Waals surface area contributed by atoms with Crippen LogP contribution >= 0.6 is 0 Å². The van der Waals surface area contributed by atoms with Crippen LogP contribution in [-0.2, 0) is 6.42 Å². The largest absolute Gasteiger partial charge is 0.393 e. The molecule has 72 valence electrons. The van der Waals surface area contributed by atoms with Gasteiger partial charge in [-0.3, -0.25) is 10.1 Å². The van der Waals surface area contributed by atoms with Gasteiger partial charge in [0.1, 0.15) is 5.69 Å². The Kier molecular flexibility index (Phi) is 2.67. The summed E-state index contributed by atoms with van der Waals surface area (Å²) < 4.78 is 0. The van der Waals surface area contributed by atoms with Crippen LogP contribution in [0.15, 0.2) is 12.1 Å². The lowest BCUT2D eigenvalue weighted by Gasteiger charge is -2.04. The second-order valence-corrected chi connectivity index (χ2v) is 2.90. The molecular weight excluding hydrogens is 182 g/mol. The Morgan fingerprint density at radius 3 is 2.79 bits per heavy atom. The van der Waals surface area contributed by atoms with Crippen LogP contribution in [0.5, 0.6) is 0 Å². The Bertz CT molecular complexity index is 421. The minimum atomic E-state index is -0.547. The van der Waals surface area contributed by atoms with Gasteiger partial charge < -0.3 is 5.73 Å². The fraction of sp³-hybridized carbons (Fsp3) is 0.222. The number of nitrogen functional groups attached to an aromatic ring is 1. The highest BCUT2D eigenvalue weighted by Crippen LogP contribution is 2.29. The van der Waals surface area contributed by atoms with Crippen molar-refractivity contribution in [3.8, 4) is 6.07 Å². The highest BCUT2D eigenvalue weighted by atomic mass is 16.6. The zero-order chi connectivity index (χ0) is 10.7. The molecule has 0 aliphatic rings. The zero-order valence-electron chi connectivity index (χ0n) is 7.65. The summed E-state index contributed by atoms with van der Waals surface area (Å²) >= 11 is 0. The SMILES string of the molecule is Cc1ccc(CC#N)c([N+](=O)[O-])c1N. The van der Waals surface area contributed by atoms with Gasteiger partial charge in [0, 0.05) is 5.56 Å². The molecule has 0 spiro atoms. The predicted octanol–water partition coefficient (Wildman–Crippen LogP) is 1.55. The van der Waals surface area contributed by atoms with E-state index in [1.165, 1.54) is 0 Å². The van der Waals surface area contributed by atoms with Gasteiger partial charge >= 0.3 is 0 Å². The number of hydrogen-bond acceptors (Lipinski definition) is 4. The first-order valence-electron chi connectivity index (χ1n) is 3.97. The number of nitrogens with zero attached hydrogens (tertiary/aromatic N) is 2. The minimum Gasteiger partial charge on any atom is -0.393 e. The van der Waals surface area contributed by atoms with E-state index in [1.807, 2.05) is 6.07 Å². The standard InChI is InChI=1S/C9H9N3O2/c1-6-2-3-7(4-5-10)9(8(6)11)12(13)14/h2-3H,4,11H2,1H3. The molecule has 5 nitrogen and oxygen atoms in total. The first kappa shape index (κ1) is 9.99. The molecule has 0 bridgehead atoms. The maximum absolute atomic E-state index is 10.7. The molecule has 0 radical (unpaired) electrons. The zero-order valence-corrected chi connectivity index (χ0v) is 7.65. The van der Waals surface area contributed by atoms with Crippen molar-refractivity contribution in [3.63, 3.8) is 0 Å². The second-order valence-electron chi connectivity index (χ2n) is 2.90. The minimum absolute atomic E-state index is 0.000787. The van der Waals surface area contributed by atoms with Crippen LogP contribution in [0.3, 0.4) is 0 Å². The molecule has 0 saturated carbocycles. The van der Waals surface area contributed by atoms with Gasteiger partial charge in [0.05, 0.1) is 17.4 Å². The van der Waals surface area contributed by atoms with Crippen molar-refractivity contribution >= 4 is 11.4 Å². The van der Waals surface area contributed by atoms with Crippen LogP contribution < -0.4 is 5.73 Å². The predicted molar refractivity (Wildman–Crippen MR) is 51.6 cm³/mol. The van der Waals surface area contributed by atoms with E-state index < -0.39 is 4.92 Å². The van der Waals surface area contributed by atoms with Crippen molar-refractivity contribution in [2.24, 2.45) is 0 Å². The van der Waals surface area contributed by atoms with Crippen molar-refractivity contribution < 1.29 is 4.92 Å². The molecule has 0 saturated heterocycles. The first-order chi connectivity index (χ1) is 6.57. The quantitative estimate of drug-likeness (QED) is 0.436. The van der Waals surface area contributed by atoms with E-state index in [2.05, 4.69) is 0 Å². The highest BCUT2D eigenvalue weighted by Gasteiger charge is 2.18. The van der Waals surface area contributed by atoms with Crippen LogP contribution in [0, 0.1) is 28.4 Å². The van der Waals surface area contributed by atoms with Gasteiger partial charge in [-0.2, -0.15) is 5.26 Å². The Morgan fingerprint density at radius 1 is 1.64 bits per heavy atom. The summed E-state index contributed by atoms with van der Waals surface area (Å²) in [5.74, 6) is 0. The molecule has 0 heterocycles. The van der Waals surface area contributed by atoms with E-state index >= 15 is 0 Å². The van der Waals surface area contributed by atoms with Crippen molar-refractivity contribution in [2.75, 3.05) is 5.73 Å². The monoisotopic (exact) mass is 191 g/mol. The Labute approximate surface area is 80.9 Å². The fourth-order valence-electron chi connectivity index (χ4n) is 1.20. The van der Waals surface area contributed by atoms with E-state index in [-0.39, 0.29) is 17.8 Å². The number of anilines is 1. The average molecular weight is 191 g/mol. The third kappa shape index (κ3) is 1.64. The van der Waals surface area contributed by atoms with E-state index in [9.17, 15) is 10.1 Å². The van der Waals surface area contributed by atoms with Crippen molar-refractivity contribution in [1.29, 1.82) is 5.26 Å². The van der Waals surface area contributed by atoms with Crippen LogP contribution in [0.2, 0.25) is 0 Å². The maximum atomic E-state index is 10.7. The first-order valence-corrected chi connectivity index (χ1v) is 3.97. The summed E-state index contributed by atoms with van der Waals surface area (Å²) in [5, 5.41) is 19.2. The molecule has 0 aliphatic carbocycles. The molecule has 0 amide bonds. The third-order valence-corrected chi connectivity index (χ3v) is 1.97. The molecule has 0 fully saturated rings. The Hall–Kier alpha value is -2.09. The van der Waals surface area contributed by atoms with Gasteiger partial charge in [0.15, 0.2) is 0 Å². The lowest BCUT2D eigenvalue weighted by atomic mass is 10.1. The van der Waals surface area contributed by atoms with Crippen LogP contribution in [-0.4, -0.2) is 4.92 Å².